The first-order valence-corrected chi connectivity index (χ1v) is 4.72. The molecule has 0 aliphatic carbocycles. The first-order valence-electron chi connectivity index (χ1n) is 4.34. The van der Waals surface area contributed by atoms with E-state index in [0.29, 0.717) is 10.5 Å². The van der Waals surface area contributed by atoms with Gasteiger partial charge in [0.25, 0.3) is 5.91 Å². The predicted octanol–water partition coefficient (Wildman–Crippen LogP) is 2.26. The van der Waals surface area contributed by atoms with Gasteiger partial charge in [0.1, 0.15) is 10.9 Å². The Morgan fingerprint density at radius 3 is 2.81 bits per heavy atom. The number of aromatic nitrogens is 2. The fourth-order valence-electron chi connectivity index (χ4n) is 1.45. The van der Waals surface area contributed by atoms with Gasteiger partial charge in [-0.15, -0.1) is 4.68 Å². The summed E-state index contributed by atoms with van der Waals surface area (Å²) in [6.45, 7) is 1.28. The van der Waals surface area contributed by atoms with Crippen molar-refractivity contribution in [2.45, 2.75) is 6.92 Å². The Bertz CT molecular complexity index is 605. The minimum Gasteiger partial charge on any atom is -0.358 e. The molecule has 0 bridgehead atoms. The van der Waals surface area contributed by atoms with Crippen LogP contribution in [0.25, 0.3) is 10.9 Å². The second-order valence-electron chi connectivity index (χ2n) is 3.17. The molecule has 0 unspecified atom stereocenters. The van der Waals surface area contributed by atoms with E-state index in [9.17, 15) is 14.9 Å². The monoisotopic (exact) mass is 239 g/mol. The Morgan fingerprint density at radius 2 is 2.25 bits per heavy atom. The van der Waals surface area contributed by atoms with Crippen LogP contribution in [0, 0.1) is 10.1 Å². The largest absolute Gasteiger partial charge is 0.398 e. The van der Waals surface area contributed by atoms with Gasteiger partial charge in [0, 0.05) is 11.9 Å². The average molecular weight is 240 g/mol. The van der Waals surface area contributed by atoms with Crippen molar-refractivity contribution in [2.24, 2.45) is 0 Å². The van der Waals surface area contributed by atoms with E-state index in [1.165, 1.54) is 19.1 Å². The van der Waals surface area contributed by atoms with Gasteiger partial charge in [0.15, 0.2) is 0 Å². The van der Waals surface area contributed by atoms with Crippen LogP contribution in [0.3, 0.4) is 0 Å². The molecule has 0 N–H and O–H groups in total. The van der Waals surface area contributed by atoms with Crippen molar-refractivity contribution in [1.82, 2.24) is 9.78 Å². The Kier molecular flexibility index (Phi) is 2.35. The van der Waals surface area contributed by atoms with Gasteiger partial charge in [-0.3, -0.25) is 4.79 Å². The number of nitrogens with zero attached hydrogens (tertiary/aromatic N) is 3. The third-order valence-corrected chi connectivity index (χ3v) is 2.33. The summed E-state index contributed by atoms with van der Waals surface area (Å²) in [6, 6.07) is 4.50. The number of hydrogen-bond donors (Lipinski definition) is 0. The van der Waals surface area contributed by atoms with E-state index in [0.717, 1.165) is 4.68 Å². The standard InChI is InChI=1S/C9H6ClN3O3/c1-5(14)12-8-3-2-6(10)4-7(8)9(11-12)13(15)16/h2-4H,1H3. The zero-order valence-corrected chi connectivity index (χ0v) is 8.93. The van der Waals surface area contributed by atoms with E-state index in [2.05, 4.69) is 5.10 Å². The highest BCUT2D eigenvalue weighted by Crippen LogP contribution is 2.27. The second-order valence-corrected chi connectivity index (χ2v) is 3.61. The van der Waals surface area contributed by atoms with Gasteiger partial charge >= 0.3 is 5.82 Å². The van der Waals surface area contributed by atoms with Gasteiger partial charge < -0.3 is 10.1 Å². The Hall–Kier alpha value is -1.95. The lowest BCUT2D eigenvalue weighted by atomic mass is 10.2. The zero-order chi connectivity index (χ0) is 11.9. The summed E-state index contributed by atoms with van der Waals surface area (Å²) in [6.07, 6.45) is 0. The molecule has 0 amide bonds. The number of halogens is 1. The summed E-state index contributed by atoms with van der Waals surface area (Å²) >= 11 is 5.74. The molecule has 82 valence electrons. The van der Waals surface area contributed by atoms with Crippen LogP contribution in [0.15, 0.2) is 18.2 Å². The minimum atomic E-state index is -0.641. The molecule has 2 rings (SSSR count). The summed E-state index contributed by atoms with van der Waals surface area (Å²) < 4.78 is 0.990. The van der Waals surface area contributed by atoms with E-state index in [1.54, 1.807) is 6.07 Å². The van der Waals surface area contributed by atoms with E-state index in [1.807, 2.05) is 0 Å². The van der Waals surface area contributed by atoms with Crippen LogP contribution in [-0.2, 0) is 0 Å². The number of carbonyl (C=O) groups is 1. The molecule has 1 aromatic heterocycles. The number of rotatable bonds is 1. The van der Waals surface area contributed by atoms with Crippen molar-refractivity contribution in [1.29, 1.82) is 0 Å². The number of benzene rings is 1. The van der Waals surface area contributed by atoms with Crippen LogP contribution in [0.4, 0.5) is 5.82 Å². The third-order valence-electron chi connectivity index (χ3n) is 2.09. The first-order chi connectivity index (χ1) is 7.50. The van der Waals surface area contributed by atoms with Gasteiger partial charge in [0.05, 0.1) is 5.10 Å². The van der Waals surface area contributed by atoms with Crippen molar-refractivity contribution in [3.05, 3.63) is 33.3 Å². The minimum absolute atomic E-state index is 0.257. The lowest BCUT2D eigenvalue weighted by molar-refractivity contribution is -0.388. The highest BCUT2D eigenvalue weighted by atomic mass is 35.5. The lowest BCUT2D eigenvalue weighted by Crippen LogP contribution is -2.07. The van der Waals surface area contributed by atoms with Crippen molar-refractivity contribution in [3.8, 4) is 0 Å². The molecule has 0 aliphatic heterocycles. The molecule has 16 heavy (non-hydrogen) atoms. The summed E-state index contributed by atoms with van der Waals surface area (Å²) in [5.74, 6) is -0.756. The fraction of sp³-hybridized carbons (Fsp3) is 0.111. The molecule has 6 nitrogen and oxygen atoms in total. The highest BCUT2D eigenvalue weighted by molar-refractivity contribution is 6.31. The number of fused-ring (bicyclic) bond motifs is 1. The van der Waals surface area contributed by atoms with E-state index in [4.69, 9.17) is 11.6 Å². The molecule has 7 heteroatoms. The molecule has 1 heterocycles. The molecule has 0 radical (unpaired) electrons. The summed E-state index contributed by atoms with van der Waals surface area (Å²) in [7, 11) is 0. The van der Waals surface area contributed by atoms with Gasteiger partial charge in [0.2, 0.25) is 0 Å². The van der Waals surface area contributed by atoms with Gasteiger partial charge in [-0.25, -0.2) is 0 Å². The van der Waals surface area contributed by atoms with Crippen molar-refractivity contribution in [2.75, 3.05) is 0 Å². The summed E-state index contributed by atoms with van der Waals surface area (Å²) in [5, 5.41) is 15.0. The molecule has 2 aromatic rings. The number of carbonyl (C=O) groups excluding carboxylic acids is 1. The Labute approximate surface area is 94.6 Å². The smallest absolute Gasteiger partial charge is 0.358 e. The predicted molar refractivity (Wildman–Crippen MR) is 57.7 cm³/mol. The van der Waals surface area contributed by atoms with Crippen LogP contribution < -0.4 is 0 Å². The molecular formula is C9H6ClN3O3. The third kappa shape index (κ3) is 1.53. The molecule has 0 aliphatic rings. The van der Waals surface area contributed by atoms with Crippen LogP contribution in [0.2, 0.25) is 5.02 Å². The summed E-state index contributed by atoms with van der Waals surface area (Å²) in [4.78, 5) is 21.3. The molecule has 0 spiro atoms. The zero-order valence-electron chi connectivity index (χ0n) is 8.18. The molecule has 0 saturated heterocycles. The number of nitro groups is 1. The molecule has 0 saturated carbocycles. The maximum absolute atomic E-state index is 11.2. The fourth-order valence-corrected chi connectivity index (χ4v) is 1.62. The first kappa shape index (κ1) is 10.6. The summed E-state index contributed by atoms with van der Waals surface area (Å²) in [5.41, 5.74) is 0.378. The SMILES string of the molecule is CC(=O)n1nc([N+](=O)[O-])c2cc(Cl)ccc21. The lowest BCUT2D eigenvalue weighted by Gasteiger charge is -1.92. The van der Waals surface area contributed by atoms with E-state index < -0.39 is 4.92 Å². The molecule has 0 fully saturated rings. The van der Waals surface area contributed by atoms with Crippen molar-refractivity contribution >= 4 is 34.2 Å². The van der Waals surface area contributed by atoms with Crippen LogP contribution in [0.5, 0.6) is 0 Å². The van der Waals surface area contributed by atoms with E-state index >= 15 is 0 Å². The van der Waals surface area contributed by atoms with Crippen LogP contribution in [-0.4, -0.2) is 20.6 Å². The van der Waals surface area contributed by atoms with Gasteiger partial charge in [-0.2, -0.15) is 0 Å². The normalized spacial score (nSPS) is 10.6. The maximum Gasteiger partial charge on any atom is 0.398 e. The average Bonchev–Trinajstić information content (AvgIpc) is 2.56. The Balaban J connectivity index is 2.87. The van der Waals surface area contributed by atoms with Crippen LogP contribution in [0.1, 0.15) is 11.7 Å². The van der Waals surface area contributed by atoms with Crippen molar-refractivity contribution in [3.63, 3.8) is 0 Å². The maximum atomic E-state index is 11.2. The second kappa shape index (κ2) is 3.57. The topological polar surface area (TPSA) is 78.0 Å². The quantitative estimate of drug-likeness (QED) is 0.565. The van der Waals surface area contributed by atoms with Gasteiger partial charge in [-0.05, 0) is 23.1 Å². The number of hydrogen-bond acceptors (Lipinski definition) is 4. The van der Waals surface area contributed by atoms with E-state index in [-0.39, 0.29) is 17.1 Å². The van der Waals surface area contributed by atoms with Crippen molar-refractivity contribution < 1.29 is 9.72 Å². The molecular weight excluding hydrogens is 234 g/mol. The van der Waals surface area contributed by atoms with Gasteiger partial charge in [-0.1, -0.05) is 11.6 Å². The highest BCUT2D eigenvalue weighted by Gasteiger charge is 2.23. The van der Waals surface area contributed by atoms with Crippen LogP contribution >= 0.6 is 11.6 Å². The Morgan fingerprint density at radius 1 is 1.56 bits per heavy atom. The molecule has 1 aromatic carbocycles. The molecule has 0 atom stereocenters.